The number of fused-ring (bicyclic) bond motifs is 1. The monoisotopic (exact) mass is 486 g/mol. The number of rotatable bonds is 8. The number of hydrogen-bond acceptors (Lipinski definition) is 5. The number of nitrogens with zero attached hydrogens (tertiary/aromatic N) is 2. The van der Waals surface area contributed by atoms with Crippen LogP contribution in [0.4, 0.5) is 5.69 Å². The third-order valence-electron chi connectivity index (χ3n) is 5.37. The van der Waals surface area contributed by atoms with Crippen molar-refractivity contribution in [1.29, 1.82) is 0 Å². The van der Waals surface area contributed by atoms with Gasteiger partial charge in [0.2, 0.25) is 5.91 Å². The summed E-state index contributed by atoms with van der Waals surface area (Å²) in [5.41, 5.74) is 2.26. The van der Waals surface area contributed by atoms with Gasteiger partial charge in [-0.15, -0.1) is 0 Å². The van der Waals surface area contributed by atoms with E-state index in [0.29, 0.717) is 33.9 Å². The molecule has 4 aromatic rings. The number of amides is 2. The van der Waals surface area contributed by atoms with Gasteiger partial charge in [0.1, 0.15) is 0 Å². The normalized spacial score (nSPS) is 10.9. The number of anilines is 1. The lowest BCUT2D eigenvalue weighted by Gasteiger charge is -2.16. The summed E-state index contributed by atoms with van der Waals surface area (Å²) in [7, 11) is 0. The molecule has 0 radical (unpaired) electrons. The van der Waals surface area contributed by atoms with Crippen LogP contribution in [0.15, 0.2) is 88.8 Å². The van der Waals surface area contributed by atoms with Crippen molar-refractivity contribution in [3.63, 3.8) is 0 Å². The molecule has 0 bridgehead atoms. The Morgan fingerprint density at radius 3 is 2.40 bits per heavy atom. The van der Waals surface area contributed by atoms with Crippen LogP contribution in [0.3, 0.4) is 0 Å². The number of carbonyl (C=O) groups excluding carboxylic acids is 2. The summed E-state index contributed by atoms with van der Waals surface area (Å²) < 4.78 is 1.60. The molecule has 3 aromatic carbocycles. The number of thioether (sulfide) groups is 1. The van der Waals surface area contributed by atoms with Crippen molar-refractivity contribution >= 4 is 40.2 Å². The Morgan fingerprint density at radius 2 is 1.63 bits per heavy atom. The average Bonchev–Trinajstić information content (AvgIpc) is 2.87. The molecule has 0 aliphatic heterocycles. The molecule has 2 amide bonds. The van der Waals surface area contributed by atoms with Crippen LogP contribution in [-0.4, -0.2) is 27.1 Å². The van der Waals surface area contributed by atoms with E-state index < -0.39 is 0 Å². The predicted molar refractivity (Wildman–Crippen MR) is 140 cm³/mol. The van der Waals surface area contributed by atoms with Crippen molar-refractivity contribution in [3.05, 3.63) is 100 Å². The molecule has 1 aromatic heterocycles. The second-order valence-electron chi connectivity index (χ2n) is 8.23. The fourth-order valence-corrected chi connectivity index (χ4v) is 4.59. The highest BCUT2D eigenvalue weighted by Gasteiger charge is 2.17. The molecule has 0 atom stereocenters. The van der Waals surface area contributed by atoms with Crippen LogP contribution in [0, 0.1) is 0 Å². The van der Waals surface area contributed by atoms with Gasteiger partial charge in [-0.2, -0.15) is 0 Å². The molecular weight excluding hydrogens is 460 g/mol. The summed E-state index contributed by atoms with van der Waals surface area (Å²) in [4.78, 5) is 43.1. The van der Waals surface area contributed by atoms with Crippen LogP contribution in [-0.2, 0) is 11.3 Å². The van der Waals surface area contributed by atoms with E-state index in [2.05, 4.69) is 15.6 Å². The Hall–Kier alpha value is -3.91. The molecule has 0 fully saturated rings. The topological polar surface area (TPSA) is 93.1 Å². The third kappa shape index (κ3) is 5.78. The van der Waals surface area contributed by atoms with E-state index in [9.17, 15) is 14.4 Å². The SMILES string of the molecule is CC(C)n1c(SCC(=O)Nc2ccccc2C(=O)NCc2ccccc2)nc2ccccc2c1=O. The van der Waals surface area contributed by atoms with Crippen LogP contribution < -0.4 is 16.2 Å². The van der Waals surface area contributed by atoms with Crippen LogP contribution in [0.1, 0.15) is 35.8 Å². The standard InChI is InChI=1S/C27H26N4O3S/c1-18(2)31-26(34)21-13-7-9-15-23(21)30-27(31)35-17-24(32)29-22-14-8-6-12-20(22)25(33)28-16-19-10-4-3-5-11-19/h3-15,18H,16-17H2,1-2H3,(H,28,33)(H,29,32). The zero-order chi connectivity index (χ0) is 24.8. The van der Waals surface area contributed by atoms with E-state index in [1.165, 1.54) is 11.8 Å². The first kappa shape index (κ1) is 24.2. The Morgan fingerprint density at radius 1 is 0.943 bits per heavy atom. The van der Waals surface area contributed by atoms with Gasteiger partial charge in [-0.05, 0) is 43.7 Å². The second kappa shape index (κ2) is 11.0. The highest BCUT2D eigenvalue weighted by Crippen LogP contribution is 2.22. The molecule has 35 heavy (non-hydrogen) atoms. The van der Waals surface area contributed by atoms with Crippen molar-refractivity contribution < 1.29 is 9.59 Å². The molecule has 2 N–H and O–H groups in total. The number of aromatic nitrogens is 2. The second-order valence-corrected chi connectivity index (χ2v) is 9.17. The molecule has 7 nitrogen and oxygen atoms in total. The first-order chi connectivity index (χ1) is 16.9. The van der Waals surface area contributed by atoms with Crippen molar-refractivity contribution in [2.75, 3.05) is 11.1 Å². The van der Waals surface area contributed by atoms with Gasteiger partial charge in [-0.25, -0.2) is 4.98 Å². The minimum Gasteiger partial charge on any atom is -0.348 e. The molecule has 0 aliphatic carbocycles. The summed E-state index contributed by atoms with van der Waals surface area (Å²) in [5.74, 6) is -0.532. The molecule has 178 valence electrons. The Kier molecular flexibility index (Phi) is 7.62. The van der Waals surface area contributed by atoms with Gasteiger partial charge in [0, 0.05) is 12.6 Å². The maximum absolute atomic E-state index is 13.0. The highest BCUT2D eigenvalue weighted by molar-refractivity contribution is 7.99. The molecule has 8 heteroatoms. The molecule has 0 unspecified atom stereocenters. The summed E-state index contributed by atoms with van der Waals surface area (Å²) in [6, 6.07) is 23.6. The third-order valence-corrected chi connectivity index (χ3v) is 6.32. The molecule has 0 spiro atoms. The van der Waals surface area contributed by atoms with Crippen LogP contribution >= 0.6 is 11.8 Å². The van der Waals surface area contributed by atoms with Gasteiger partial charge in [0.25, 0.3) is 11.5 Å². The lowest BCUT2D eigenvalue weighted by molar-refractivity contribution is -0.113. The number of hydrogen-bond donors (Lipinski definition) is 2. The number of benzene rings is 3. The van der Waals surface area contributed by atoms with E-state index in [1.807, 2.05) is 56.3 Å². The Balaban J connectivity index is 1.46. The quantitative estimate of drug-likeness (QED) is 0.280. The zero-order valence-corrected chi connectivity index (χ0v) is 20.3. The van der Waals surface area contributed by atoms with Gasteiger partial charge in [0.15, 0.2) is 5.16 Å². The maximum Gasteiger partial charge on any atom is 0.262 e. The first-order valence-electron chi connectivity index (χ1n) is 11.3. The van der Waals surface area contributed by atoms with Crippen molar-refractivity contribution in [1.82, 2.24) is 14.9 Å². The number of nitrogens with one attached hydrogen (secondary N) is 2. The average molecular weight is 487 g/mol. The molecule has 0 aliphatic rings. The maximum atomic E-state index is 13.0. The van der Waals surface area contributed by atoms with Crippen LogP contribution in [0.25, 0.3) is 10.9 Å². The largest absolute Gasteiger partial charge is 0.348 e. The van der Waals surface area contributed by atoms with Crippen LogP contribution in [0.5, 0.6) is 0 Å². The highest BCUT2D eigenvalue weighted by atomic mass is 32.2. The summed E-state index contributed by atoms with van der Waals surface area (Å²) in [5, 5.41) is 6.74. The molecule has 0 saturated heterocycles. The van der Waals surface area contributed by atoms with Crippen molar-refractivity contribution in [2.24, 2.45) is 0 Å². The van der Waals surface area contributed by atoms with Crippen molar-refractivity contribution in [2.45, 2.75) is 31.6 Å². The smallest absolute Gasteiger partial charge is 0.262 e. The summed E-state index contributed by atoms with van der Waals surface area (Å²) >= 11 is 1.19. The number of carbonyl (C=O) groups is 2. The summed E-state index contributed by atoms with van der Waals surface area (Å²) in [6.07, 6.45) is 0. The minimum atomic E-state index is -0.295. The van der Waals surface area contributed by atoms with E-state index >= 15 is 0 Å². The fraction of sp³-hybridized carbons (Fsp3) is 0.185. The minimum absolute atomic E-state index is 0.0392. The first-order valence-corrected chi connectivity index (χ1v) is 12.3. The molecule has 0 saturated carbocycles. The number of para-hydroxylation sites is 2. The molecule has 1 heterocycles. The van der Waals surface area contributed by atoms with Gasteiger partial charge in [-0.3, -0.25) is 19.0 Å². The van der Waals surface area contributed by atoms with Gasteiger partial charge >= 0.3 is 0 Å². The van der Waals surface area contributed by atoms with Gasteiger partial charge in [-0.1, -0.05) is 66.4 Å². The predicted octanol–water partition coefficient (Wildman–Crippen LogP) is 4.64. The lowest BCUT2D eigenvalue weighted by Crippen LogP contribution is -2.26. The van der Waals surface area contributed by atoms with E-state index in [-0.39, 0.29) is 29.2 Å². The van der Waals surface area contributed by atoms with Gasteiger partial charge in [0.05, 0.1) is 27.9 Å². The Bertz CT molecular complexity index is 1420. The zero-order valence-electron chi connectivity index (χ0n) is 19.5. The lowest BCUT2D eigenvalue weighted by atomic mass is 10.1. The fourth-order valence-electron chi connectivity index (χ4n) is 3.66. The van der Waals surface area contributed by atoms with E-state index in [0.717, 1.165) is 5.56 Å². The van der Waals surface area contributed by atoms with Gasteiger partial charge < -0.3 is 10.6 Å². The van der Waals surface area contributed by atoms with Crippen molar-refractivity contribution in [3.8, 4) is 0 Å². The Labute approximate surface area is 207 Å². The molecular formula is C27H26N4O3S. The summed E-state index contributed by atoms with van der Waals surface area (Å²) in [6.45, 7) is 4.21. The van der Waals surface area contributed by atoms with E-state index in [4.69, 9.17) is 0 Å². The van der Waals surface area contributed by atoms with E-state index in [1.54, 1.807) is 41.0 Å². The van der Waals surface area contributed by atoms with Crippen LogP contribution in [0.2, 0.25) is 0 Å². The molecule has 4 rings (SSSR count).